The molecule has 3 aromatic heterocycles. The van der Waals surface area contributed by atoms with E-state index in [1.165, 1.54) is 20.8 Å². The fourth-order valence-corrected chi connectivity index (χ4v) is 4.89. The van der Waals surface area contributed by atoms with E-state index in [1.807, 2.05) is 20.8 Å². The Morgan fingerprint density at radius 3 is 2.23 bits per heavy atom. The Labute approximate surface area is 222 Å². The van der Waals surface area contributed by atoms with Gasteiger partial charge in [-0.15, -0.1) is 0 Å². The maximum atomic E-state index is 13.5. The predicted molar refractivity (Wildman–Crippen MR) is 127 cm³/mol. The topological polar surface area (TPSA) is 113 Å². The van der Waals surface area contributed by atoms with Gasteiger partial charge in [0.15, 0.2) is 5.82 Å². The van der Waals surface area contributed by atoms with Crippen molar-refractivity contribution >= 4 is 22.2 Å². The lowest BCUT2D eigenvalue weighted by atomic mass is 9.96. The smallest absolute Gasteiger partial charge is 0.394 e. The third-order valence-corrected chi connectivity index (χ3v) is 7.00. The van der Waals surface area contributed by atoms with Crippen LogP contribution in [0.2, 0.25) is 0 Å². The number of halogens is 6. The van der Waals surface area contributed by atoms with Crippen molar-refractivity contribution in [3.05, 3.63) is 35.4 Å². The molecular formula is C22H24F6N8O2S. The van der Waals surface area contributed by atoms with E-state index in [0.717, 1.165) is 12.4 Å². The number of aliphatic hydroxyl groups excluding tert-OH is 1. The molecule has 3 aromatic rings. The van der Waals surface area contributed by atoms with Crippen molar-refractivity contribution in [1.29, 1.82) is 0 Å². The summed E-state index contributed by atoms with van der Waals surface area (Å²) in [5.41, 5.74) is -0.701. The summed E-state index contributed by atoms with van der Waals surface area (Å²) in [6, 6.07) is -0.773. The third-order valence-electron chi connectivity index (χ3n) is 5.84. The average Bonchev–Trinajstić information content (AvgIpc) is 3.51. The van der Waals surface area contributed by atoms with E-state index in [2.05, 4.69) is 25.0 Å². The second-order valence-corrected chi connectivity index (χ2v) is 10.8. The zero-order valence-electron chi connectivity index (χ0n) is 21.0. The van der Waals surface area contributed by atoms with Crippen molar-refractivity contribution in [3.8, 4) is 11.3 Å². The number of amides is 1. The van der Waals surface area contributed by atoms with Crippen molar-refractivity contribution in [1.82, 2.24) is 34.6 Å². The average molecular weight is 579 g/mol. The summed E-state index contributed by atoms with van der Waals surface area (Å²) in [7, 11) is 0. The second-order valence-electron chi connectivity index (χ2n) is 9.85. The molecule has 10 nitrogen and oxygen atoms in total. The molecule has 1 aliphatic rings. The number of rotatable bonds is 5. The fraction of sp³-hybridized carbons (Fsp3) is 0.545. The SMILES string of the molecule is CC(C)(C)c1ncn(CC(=O)N2CCN(c3sc(C(F)(F)F)nc3-c3cnc(C(F)(F)F)nc3)C[C@H]2CO)n1. The van der Waals surface area contributed by atoms with Crippen LogP contribution in [0.25, 0.3) is 11.3 Å². The van der Waals surface area contributed by atoms with E-state index in [1.54, 1.807) is 0 Å². The summed E-state index contributed by atoms with van der Waals surface area (Å²) < 4.78 is 80.5. The first kappa shape index (κ1) is 28.7. The predicted octanol–water partition coefficient (Wildman–Crippen LogP) is 3.24. The number of hydrogen-bond donors (Lipinski definition) is 1. The number of nitrogens with zero attached hydrogens (tertiary/aromatic N) is 8. The van der Waals surface area contributed by atoms with Gasteiger partial charge in [0.1, 0.15) is 23.6 Å². The lowest BCUT2D eigenvalue weighted by Crippen LogP contribution is -2.57. The van der Waals surface area contributed by atoms with Gasteiger partial charge < -0.3 is 14.9 Å². The molecule has 1 amide bonds. The van der Waals surface area contributed by atoms with Gasteiger partial charge in [0.2, 0.25) is 16.7 Å². The van der Waals surface area contributed by atoms with Gasteiger partial charge in [0, 0.05) is 43.0 Å². The minimum atomic E-state index is -4.82. The molecule has 39 heavy (non-hydrogen) atoms. The van der Waals surface area contributed by atoms with E-state index in [0.29, 0.717) is 17.2 Å². The standard InChI is InChI=1S/C22H24F6N8O2S/c1-20(2,3)17-31-11-35(33-17)9-14(38)36-5-4-34(8-13(36)10-37)16-15(32-19(39-16)22(26,27)28)12-6-29-18(30-7-12)21(23,24)25/h6-7,11,13,37H,4-5,8-10H2,1-3H3/t13-/m0/s1. The number of aromatic nitrogens is 6. The molecule has 0 spiro atoms. The summed E-state index contributed by atoms with van der Waals surface area (Å²) >= 11 is 0.312. The zero-order valence-corrected chi connectivity index (χ0v) is 21.8. The molecule has 0 saturated carbocycles. The van der Waals surface area contributed by atoms with Crippen LogP contribution in [0, 0.1) is 0 Å². The second kappa shape index (κ2) is 10.3. The van der Waals surface area contributed by atoms with Gasteiger partial charge in [-0.05, 0) is 0 Å². The highest BCUT2D eigenvalue weighted by atomic mass is 32.1. The zero-order chi connectivity index (χ0) is 28.8. The van der Waals surface area contributed by atoms with Crippen LogP contribution >= 0.6 is 11.3 Å². The van der Waals surface area contributed by atoms with Gasteiger partial charge in [-0.1, -0.05) is 32.1 Å². The quantitative estimate of drug-likeness (QED) is 0.460. The first-order valence-electron chi connectivity index (χ1n) is 11.6. The molecule has 0 aromatic carbocycles. The van der Waals surface area contributed by atoms with E-state index in [-0.39, 0.29) is 53.8 Å². The van der Waals surface area contributed by atoms with Crippen LogP contribution in [0.4, 0.5) is 31.3 Å². The molecule has 4 rings (SSSR count). The van der Waals surface area contributed by atoms with Crippen LogP contribution in [0.3, 0.4) is 0 Å². The van der Waals surface area contributed by atoms with Crippen molar-refractivity contribution in [2.24, 2.45) is 0 Å². The molecule has 17 heteroatoms. The van der Waals surface area contributed by atoms with Gasteiger partial charge in [-0.3, -0.25) is 4.79 Å². The van der Waals surface area contributed by atoms with Crippen molar-refractivity contribution in [2.75, 3.05) is 31.1 Å². The number of thiazole rings is 1. The Balaban J connectivity index is 1.57. The first-order chi connectivity index (χ1) is 18.1. The largest absolute Gasteiger partial charge is 0.451 e. The Morgan fingerprint density at radius 2 is 1.69 bits per heavy atom. The molecule has 1 N–H and O–H groups in total. The summed E-state index contributed by atoms with van der Waals surface area (Å²) in [5.74, 6) is -1.26. The molecule has 212 valence electrons. The summed E-state index contributed by atoms with van der Waals surface area (Å²) in [5, 5.41) is 13.1. The van der Waals surface area contributed by atoms with E-state index < -0.39 is 35.8 Å². The number of anilines is 1. The Hall–Kier alpha value is -3.34. The highest BCUT2D eigenvalue weighted by Gasteiger charge is 2.40. The van der Waals surface area contributed by atoms with Gasteiger partial charge in [-0.25, -0.2) is 24.6 Å². The van der Waals surface area contributed by atoms with Crippen LogP contribution in [0.15, 0.2) is 18.7 Å². The molecule has 1 atom stereocenters. The van der Waals surface area contributed by atoms with Gasteiger partial charge in [0.25, 0.3) is 0 Å². The van der Waals surface area contributed by atoms with Crippen LogP contribution < -0.4 is 4.90 Å². The van der Waals surface area contributed by atoms with Gasteiger partial charge in [-0.2, -0.15) is 31.4 Å². The highest BCUT2D eigenvalue weighted by Crippen LogP contribution is 2.43. The van der Waals surface area contributed by atoms with Crippen molar-refractivity contribution in [2.45, 2.75) is 51.1 Å². The van der Waals surface area contributed by atoms with Crippen molar-refractivity contribution in [3.63, 3.8) is 0 Å². The van der Waals surface area contributed by atoms with Crippen molar-refractivity contribution < 1.29 is 36.2 Å². The first-order valence-corrected chi connectivity index (χ1v) is 12.4. The molecule has 0 radical (unpaired) electrons. The van der Waals surface area contributed by atoms with Crippen LogP contribution in [-0.2, 0) is 29.1 Å². The maximum absolute atomic E-state index is 13.5. The maximum Gasteiger partial charge on any atom is 0.451 e. The number of piperazine rings is 1. The summed E-state index contributed by atoms with van der Waals surface area (Å²) in [6.45, 7) is 5.25. The minimum absolute atomic E-state index is 0.0160. The molecule has 1 saturated heterocycles. The van der Waals surface area contributed by atoms with E-state index in [9.17, 15) is 36.2 Å². The van der Waals surface area contributed by atoms with Gasteiger partial charge >= 0.3 is 12.4 Å². The molecular weight excluding hydrogens is 554 g/mol. The molecule has 1 aliphatic heterocycles. The number of aliphatic hydroxyl groups is 1. The van der Waals surface area contributed by atoms with Crippen LogP contribution in [-0.4, -0.2) is 77.9 Å². The molecule has 0 unspecified atom stereocenters. The van der Waals surface area contributed by atoms with E-state index in [4.69, 9.17) is 0 Å². The number of carbonyl (C=O) groups is 1. The minimum Gasteiger partial charge on any atom is -0.394 e. The number of carbonyl (C=O) groups excluding carboxylic acids is 1. The van der Waals surface area contributed by atoms with Gasteiger partial charge in [0.05, 0.1) is 12.6 Å². The monoisotopic (exact) mass is 578 g/mol. The third kappa shape index (κ3) is 6.29. The Bertz CT molecular complexity index is 1320. The fourth-order valence-electron chi connectivity index (χ4n) is 3.90. The summed E-state index contributed by atoms with van der Waals surface area (Å²) in [6.07, 6.45) is -6.67. The number of alkyl halides is 6. The lowest BCUT2D eigenvalue weighted by Gasteiger charge is -2.41. The number of hydrogen-bond acceptors (Lipinski definition) is 9. The Morgan fingerprint density at radius 1 is 1.03 bits per heavy atom. The van der Waals surface area contributed by atoms with Crippen LogP contribution in [0.5, 0.6) is 0 Å². The Kier molecular flexibility index (Phi) is 7.59. The normalized spacial score (nSPS) is 17.1. The highest BCUT2D eigenvalue weighted by molar-refractivity contribution is 7.16. The van der Waals surface area contributed by atoms with E-state index >= 15 is 0 Å². The molecule has 4 heterocycles. The lowest BCUT2D eigenvalue weighted by molar-refractivity contribution is -0.145. The summed E-state index contributed by atoms with van der Waals surface area (Å²) in [4.78, 5) is 30.2. The molecule has 1 fully saturated rings. The molecule has 0 bridgehead atoms. The molecule has 0 aliphatic carbocycles. The van der Waals surface area contributed by atoms with Crippen LogP contribution in [0.1, 0.15) is 37.4 Å².